The third-order valence-corrected chi connectivity index (χ3v) is 5.77. The van der Waals surface area contributed by atoms with E-state index in [2.05, 4.69) is 19.2 Å². The summed E-state index contributed by atoms with van der Waals surface area (Å²) in [4.78, 5) is 52.3. The Kier molecular flexibility index (Phi) is 6.14. The molecule has 3 rings (SSSR count). The van der Waals surface area contributed by atoms with Gasteiger partial charge in [-0.3, -0.25) is 19.3 Å². The summed E-state index contributed by atoms with van der Waals surface area (Å²) in [6.07, 6.45) is 1.06. The third-order valence-electron chi connectivity index (χ3n) is 5.77. The third kappa shape index (κ3) is 4.47. The highest BCUT2D eigenvalue weighted by molar-refractivity contribution is 6.08. The molecule has 0 unspecified atom stereocenters. The number of esters is 1. The summed E-state index contributed by atoms with van der Waals surface area (Å²) in [6, 6.07) is 6.59. The number of rotatable bonds is 5. The molecule has 3 atom stereocenters. The fraction of sp³-hybridized carbons (Fsp3) is 0.545. The Morgan fingerprint density at radius 1 is 1.13 bits per heavy atom. The van der Waals surface area contributed by atoms with Crippen LogP contribution in [0, 0.1) is 18.8 Å². The lowest BCUT2D eigenvalue weighted by atomic mass is 9.91. The molecule has 0 spiro atoms. The number of amides is 4. The summed E-state index contributed by atoms with van der Waals surface area (Å²) in [7, 11) is 0. The second kappa shape index (κ2) is 8.45. The molecule has 8 heteroatoms. The van der Waals surface area contributed by atoms with Gasteiger partial charge in [-0.1, -0.05) is 43.7 Å². The van der Waals surface area contributed by atoms with Gasteiger partial charge in [0.05, 0.1) is 0 Å². The van der Waals surface area contributed by atoms with E-state index in [1.807, 2.05) is 19.1 Å². The van der Waals surface area contributed by atoms with Crippen molar-refractivity contribution in [2.75, 3.05) is 26.2 Å². The molecule has 0 aromatic heterocycles. The molecule has 2 aliphatic heterocycles. The van der Waals surface area contributed by atoms with Crippen LogP contribution in [0.25, 0.3) is 0 Å². The van der Waals surface area contributed by atoms with E-state index in [1.54, 1.807) is 24.0 Å². The zero-order valence-corrected chi connectivity index (χ0v) is 17.9. The van der Waals surface area contributed by atoms with E-state index in [9.17, 15) is 19.2 Å². The molecule has 0 bridgehead atoms. The Morgan fingerprint density at radius 3 is 2.33 bits per heavy atom. The average Bonchev–Trinajstić information content (AvgIpc) is 2.89. The number of likely N-dealkylation sites (tertiary alicyclic amines) is 1. The average molecular weight is 415 g/mol. The number of aryl methyl sites for hydroxylation is 1. The monoisotopic (exact) mass is 415 g/mol. The number of carbonyl (C=O) groups is 4. The quantitative estimate of drug-likeness (QED) is 0.585. The lowest BCUT2D eigenvalue weighted by molar-refractivity contribution is -0.154. The molecule has 162 valence electrons. The molecule has 0 aliphatic carbocycles. The van der Waals surface area contributed by atoms with Gasteiger partial charge in [0.1, 0.15) is 12.1 Å². The fourth-order valence-corrected chi connectivity index (χ4v) is 4.20. The van der Waals surface area contributed by atoms with Crippen LogP contribution >= 0.6 is 0 Å². The van der Waals surface area contributed by atoms with Crippen molar-refractivity contribution in [3.8, 4) is 0 Å². The number of hydrogen-bond acceptors (Lipinski definition) is 5. The van der Waals surface area contributed by atoms with E-state index in [0.29, 0.717) is 30.5 Å². The molecular weight excluding hydrogens is 386 g/mol. The Labute approximate surface area is 176 Å². The van der Waals surface area contributed by atoms with E-state index in [-0.39, 0.29) is 5.91 Å². The fourth-order valence-electron chi connectivity index (χ4n) is 4.20. The standard InChI is InChI=1S/C22H29N3O5/c1-14-5-7-17(8-6-14)22(4)20(28)25(21(29)23-22)12-19(27)30-13-18(26)24-10-15(2)9-16(3)11-24/h5-8,15-16H,9-13H2,1-4H3,(H,23,29)/t15-,16-,22-/m0/s1. The van der Waals surface area contributed by atoms with Gasteiger partial charge >= 0.3 is 12.0 Å². The summed E-state index contributed by atoms with van der Waals surface area (Å²) >= 11 is 0. The number of hydrogen-bond donors (Lipinski definition) is 1. The van der Waals surface area contributed by atoms with Crippen LogP contribution in [0.4, 0.5) is 4.79 Å². The second-order valence-corrected chi connectivity index (χ2v) is 8.72. The molecular formula is C22H29N3O5. The number of carbonyl (C=O) groups excluding carboxylic acids is 4. The van der Waals surface area contributed by atoms with Gasteiger partial charge in [-0.15, -0.1) is 0 Å². The summed E-state index contributed by atoms with van der Waals surface area (Å²) in [5.74, 6) is -0.780. The predicted octanol–water partition coefficient (Wildman–Crippen LogP) is 1.81. The van der Waals surface area contributed by atoms with Crippen LogP contribution in [-0.4, -0.2) is 59.9 Å². The number of nitrogens with zero attached hydrogens (tertiary/aromatic N) is 2. The van der Waals surface area contributed by atoms with Gasteiger partial charge < -0.3 is 15.0 Å². The van der Waals surface area contributed by atoms with E-state index in [4.69, 9.17) is 4.74 Å². The first-order valence-electron chi connectivity index (χ1n) is 10.2. The first-order valence-corrected chi connectivity index (χ1v) is 10.2. The lowest BCUT2D eigenvalue weighted by Crippen LogP contribution is -2.45. The maximum absolute atomic E-state index is 12.9. The zero-order chi connectivity index (χ0) is 22.1. The zero-order valence-electron chi connectivity index (χ0n) is 17.9. The summed E-state index contributed by atoms with van der Waals surface area (Å²) in [6.45, 7) is 8.06. The maximum Gasteiger partial charge on any atom is 0.326 e. The van der Waals surface area contributed by atoms with Crippen LogP contribution in [0.1, 0.15) is 38.3 Å². The van der Waals surface area contributed by atoms with E-state index in [0.717, 1.165) is 16.9 Å². The molecule has 1 aromatic rings. The highest BCUT2D eigenvalue weighted by Crippen LogP contribution is 2.29. The molecule has 30 heavy (non-hydrogen) atoms. The molecule has 0 radical (unpaired) electrons. The van der Waals surface area contributed by atoms with Gasteiger partial charge in [-0.05, 0) is 37.7 Å². The second-order valence-electron chi connectivity index (χ2n) is 8.72. The van der Waals surface area contributed by atoms with Crippen LogP contribution in [0.2, 0.25) is 0 Å². The van der Waals surface area contributed by atoms with Crippen molar-refractivity contribution in [3.05, 3.63) is 35.4 Å². The van der Waals surface area contributed by atoms with Gasteiger partial charge in [0.2, 0.25) is 0 Å². The summed E-state index contributed by atoms with van der Waals surface area (Å²) < 4.78 is 5.07. The Morgan fingerprint density at radius 2 is 1.73 bits per heavy atom. The van der Waals surface area contributed by atoms with Crippen LogP contribution in [-0.2, 0) is 24.7 Å². The SMILES string of the molecule is Cc1ccc([C@]2(C)NC(=O)N(CC(=O)OCC(=O)N3C[C@@H](C)C[C@H](C)C3)C2=O)cc1. The maximum atomic E-state index is 12.9. The van der Waals surface area contributed by atoms with Crippen molar-refractivity contribution in [3.63, 3.8) is 0 Å². The van der Waals surface area contributed by atoms with Crippen LogP contribution < -0.4 is 5.32 Å². The van der Waals surface area contributed by atoms with Crippen LogP contribution in [0.3, 0.4) is 0 Å². The smallest absolute Gasteiger partial charge is 0.326 e. The minimum Gasteiger partial charge on any atom is -0.454 e. The Bertz CT molecular complexity index is 843. The predicted molar refractivity (Wildman–Crippen MR) is 109 cm³/mol. The van der Waals surface area contributed by atoms with Crippen molar-refractivity contribution in [1.82, 2.24) is 15.1 Å². The lowest BCUT2D eigenvalue weighted by Gasteiger charge is -2.34. The summed E-state index contributed by atoms with van der Waals surface area (Å²) in [5, 5.41) is 2.65. The number of ether oxygens (including phenoxy) is 1. The first kappa shape index (κ1) is 21.8. The number of imide groups is 1. The molecule has 0 saturated carbocycles. The van der Waals surface area contributed by atoms with Gasteiger partial charge in [0.15, 0.2) is 6.61 Å². The minimum atomic E-state index is -1.25. The van der Waals surface area contributed by atoms with E-state index < -0.39 is 36.6 Å². The molecule has 8 nitrogen and oxygen atoms in total. The van der Waals surface area contributed by atoms with E-state index in [1.165, 1.54) is 0 Å². The highest BCUT2D eigenvalue weighted by atomic mass is 16.5. The van der Waals surface area contributed by atoms with Crippen molar-refractivity contribution >= 4 is 23.8 Å². The van der Waals surface area contributed by atoms with Gasteiger partial charge in [-0.2, -0.15) is 0 Å². The normalized spacial score (nSPS) is 26.5. The number of piperidine rings is 1. The Hall–Kier alpha value is -2.90. The topological polar surface area (TPSA) is 96.0 Å². The van der Waals surface area contributed by atoms with Crippen molar-refractivity contribution in [2.24, 2.45) is 11.8 Å². The van der Waals surface area contributed by atoms with Crippen molar-refractivity contribution < 1.29 is 23.9 Å². The van der Waals surface area contributed by atoms with Gasteiger partial charge in [0.25, 0.3) is 11.8 Å². The first-order chi connectivity index (χ1) is 14.1. The Balaban J connectivity index is 1.57. The molecule has 2 heterocycles. The molecule has 4 amide bonds. The van der Waals surface area contributed by atoms with Gasteiger partial charge in [-0.25, -0.2) is 4.79 Å². The molecule has 1 aromatic carbocycles. The van der Waals surface area contributed by atoms with Crippen LogP contribution in [0.5, 0.6) is 0 Å². The summed E-state index contributed by atoms with van der Waals surface area (Å²) in [5.41, 5.74) is 0.411. The van der Waals surface area contributed by atoms with Crippen LogP contribution in [0.15, 0.2) is 24.3 Å². The molecule has 1 N–H and O–H groups in total. The molecule has 2 fully saturated rings. The molecule has 2 aliphatic rings. The highest BCUT2D eigenvalue weighted by Gasteiger charge is 2.49. The number of urea groups is 1. The van der Waals surface area contributed by atoms with Crippen molar-refractivity contribution in [1.29, 1.82) is 0 Å². The van der Waals surface area contributed by atoms with Gasteiger partial charge in [0, 0.05) is 13.1 Å². The molecule has 2 saturated heterocycles. The van der Waals surface area contributed by atoms with Crippen molar-refractivity contribution in [2.45, 2.75) is 39.7 Å². The van der Waals surface area contributed by atoms with E-state index >= 15 is 0 Å². The number of benzene rings is 1. The minimum absolute atomic E-state index is 0.261. The number of nitrogens with one attached hydrogen (secondary N) is 1. The largest absolute Gasteiger partial charge is 0.454 e.